The first-order valence-electron chi connectivity index (χ1n) is 13.2. The van der Waals surface area contributed by atoms with Gasteiger partial charge in [0.05, 0.1) is 35.0 Å². The molecule has 1 atom stereocenters. The first kappa shape index (κ1) is 37.5. The van der Waals surface area contributed by atoms with Gasteiger partial charge in [-0.25, -0.2) is 23.1 Å². The zero-order valence-corrected chi connectivity index (χ0v) is 26.7. The molecule has 0 saturated heterocycles. The van der Waals surface area contributed by atoms with Crippen LogP contribution in [0.3, 0.4) is 0 Å². The number of hydrogen-bond acceptors (Lipinski definition) is 13. The summed E-state index contributed by atoms with van der Waals surface area (Å²) >= 11 is 0. The second-order valence-corrected chi connectivity index (χ2v) is 9.27. The summed E-state index contributed by atoms with van der Waals surface area (Å²) in [4.78, 5) is 43.6. The molecule has 0 bridgehead atoms. The molecule has 5 aromatic rings. The Bertz CT molecular complexity index is 1900. The number of aromatic carboxylic acids is 2. The third kappa shape index (κ3) is 8.89. The zero-order chi connectivity index (χ0) is 34.8. The second-order valence-electron chi connectivity index (χ2n) is 9.27. The van der Waals surface area contributed by atoms with E-state index in [2.05, 4.69) is 36.3 Å². The van der Waals surface area contributed by atoms with Gasteiger partial charge in [-0.15, -0.1) is 5.11 Å². The van der Waals surface area contributed by atoms with Crippen LogP contribution in [0.15, 0.2) is 108 Å². The minimum Gasteiger partial charge on any atom is -0.545 e. The zero-order valence-electron chi connectivity index (χ0n) is 24.3. The number of halogens is 4. The molecule has 6 rings (SSSR count). The van der Waals surface area contributed by atoms with Gasteiger partial charge >= 0.3 is 20.1 Å². The van der Waals surface area contributed by atoms with Crippen molar-refractivity contribution in [2.24, 2.45) is 10.3 Å². The number of hydrazine groups is 1. The SMILES string of the molecule is O=C([O-])C1(c2ccccn2)N=NNN1.O=C([O-])c1ncccc1-c1ccc(F)cc1F.O=C([O-])c1ncccc1-c1ccc(F)cc1F.[Ir+3]. The summed E-state index contributed by atoms with van der Waals surface area (Å²) in [6.07, 6.45) is 3.99. The maximum absolute atomic E-state index is 13.5. The van der Waals surface area contributed by atoms with Gasteiger partial charge < -0.3 is 29.7 Å². The predicted molar refractivity (Wildman–Crippen MR) is 150 cm³/mol. The molecule has 0 saturated carbocycles. The molecular weight excluding hydrogens is 835 g/mol. The van der Waals surface area contributed by atoms with Crippen LogP contribution in [0.4, 0.5) is 17.6 Å². The van der Waals surface area contributed by atoms with Crippen molar-refractivity contribution in [3.8, 4) is 22.3 Å². The summed E-state index contributed by atoms with van der Waals surface area (Å²) in [7, 11) is 0. The third-order valence-electron chi connectivity index (χ3n) is 6.26. The van der Waals surface area contributed by atoms with Gasteiger partial charge in [-0.2, -0.15) is 5.43 Å². The van der Waals surface area contributed by atoms with Crippen molar-refractivity contribution in [3.05, 3.63) is 138 Å². The largest absolute Gasteiger partial charge is 3.00 e. The van der Waals surface area contributed by atoms with Crippen molar-refractivity contribution in [1.82, 2.24) is 25.9 Å². The van der Waals surface area contributed by atoms with E-state index in [0.29, 0.717) is 12.1 Å². The monoisotopic (exact) mass is 853 g/mol. The number of carboxylic acid groups (broad SMARTS) is 3. The van der Waals surface area contributed by atoms with E-state index in [9.17, 15) is 47.3 Å². The van der Waals surface area contributed by atoms with Crippen molar-refractivity contribution < 1.29 is 67.4 Å². The number of carbonyl (C=O) groups excluding carboxylic acids is 3. The predicted octanol–water partition coefficient (Wildman–Crippen LogP) is 1.24. The standard InChI is InChI=1S/2C12H7F2NO2.C7H7N5O2.Ir/c2*13-7-3-4-8(10(14)6-7)9-2-1-5-15-11(9)12(16)17;13-6(14)7(9-11-12-10-7)5-3-1-2-4-8-5;/h2*1-6H,(H,16,17);1-4H,(H,9,12)(H,10,11)(H,13,14);/q;;;+3/p-3. The maximum Gasteiger partial charge on any atom is 3.00 e. The summed E-state index contributed by atoms with van der Waals surface area (Å²) in [5.41, 5.74) is 2.42. The Labute approximate surface area is 286 Å². The van der Waals surface area contributed by atoms with E-state index in [1.807, 2.05) is 0 Å². The van der Waals surface area contributed by atoms with Gasteiger partial charge in [0.25, 0.3) is 0 Å². The number of rotatable bonds is 6. The number of hydrogen-bond donors (Lipinski definition) is 2. The second kappa shape index (κ2) is 16.7. The van der Waals surface area contributed by atoms with Gasteiger partial charge in [-0.1, -0.05) is 23.4 Å². The Kier molecular flexibility index (Phi) is 12.8. The maximum atomic E-state index is 13.5. The molecular formula is C31H18F4IrN7O6. The normalized spacial score (nSPS) is 14.1. The molecule has 18 heteroatoms. The van der Waals surface area contributed by atoms with Gasteiger partial charge in [-0.05, 0) is 48.5 Å². The molecule has 1 aliphatic rings. The molecule has 0 radical (unpaired) electrons. The molecule has 0 aliphatic carbocycles. The minimum atomic E-state index is -1.72. The van der Waals surface area contributed by atoms with Crippen LogP contribution >= 0.6 is 0 Å². The summed E-state index contributed by atoms with van der Waals surface area (Å²) in [5, 5.41) is 39.4. The van der Waals surface area contributed by atoms with Crippen LogP contribution in [-0.4, -0.2) is 32.9 Å². The van der Waals surface area contributed by atoms with Crippen molar-refractivity contribution in [2.75, 3.05) is 0 Å². The topological polar surface area (TPSA) is 208 Å². The van der Waals surface area contributed by atoms with Crippen LogP contribution in [0.2, 0.25) is 0 Å². The molecule has 0 spiro atoms. The quantitative estimate of drug-likeness (QED) is 0.233. The smallest absolute Gasteiger partial charge is 0.545 e. The molecule has 2 N–H and O–H groups in total. The fraction of sp³-hybridized carbons (Fsp3) is 0.0323. The fourth-order valence-corrected chi connectivity index (χ4v) is 4.11. The number of nitrogens with one attached hydrogen (secondary N) is 2. The number of carboxylic acids is 3. The molecule has 4 heterocycles. The molecule has 13 nitrogen and oxygen atoms in total. The number of pyridine rings is 3. The summed E-state index contributed by atoms with van der Waals surface area (Å²) in [6, 6.07) is 16.3. The average Bonchev–Trinajstić information content (AvgIpc) is 3.58. The minimum absolute atomic E-state index is 0. The Morgan fingerprint density at radius 1 is 0.612 bits per heavy atom. The Morgan fingerprint density at radius 2 is 1.10 bits per heavy atom. The van der Waals surface area contributed by atoms with E-state index in [1.165, 1.54) is 48.9 Å². The molecule has 0 fully saturated rings. The van der Waals surface area contributed by atoms with Crippen LogP contribution in [-0.2, 0) is 30.6 Å². The average molecular weight is 853 g/mol. The van der Waals surface area contributed by atoms with E-state index in [1.54, 1.807) is 12.1 Å². The molecule has 1 unspecified atom stereocenters. The van der Waals surface area contributed by atoms with Crippen molar-refractivity contribution >= 4 is 17.9 Å². The van der Waals surface area contributed by atoms with Gasteiger partial charge in [0.2, 0.25) is 5.66 Å². The summed E-state index contributed by atoms with van der Waals surface area (Å²) in [5.74, 6) is -7.59. The van der Waals surface area contributed by atoms with Gasteiger partial charge in [-0.3, -0.25) is 15.0 Å². The van der Waals surface area contributed by atoms with Crippen molar-refractivity contribution in [3.63, 3.8) is 0 Å². The Balaban J connectivity index is 0.000000198. The molecule has 250 valence electrons. The Morgan fingerprint density at radius 3 is 1.47 bits per heavy atom. The summed E-state index contributed by atoms with van der Waals surface area (Å²) < 4.78 is 52.5. The molecule has 49 heavy (non-hydrogen) atoms. The van der Waals surface area contributed by atoms with Crippen LogP contribution < -0.4 is 26.3 Å². The fourth-order valence-electron chi connectivity index (χ4n) is 4.11. The molecule has 3 aromatic heterocycles. The van der Waals surface area contributed by atoms with Gasteiger partial charge in [0, 0.05) is 53.0 Å². The van der Waals surface area contributed by atoms with E-state index in [4.69, 9.17) is 0 Å². The number of benzene rings is 2. The van der Waals surface area contributed by atoms with E-state index in [0.717, 1.165) is 24.3 Å². The van der Waals surface area contributed by atoms with Crippen LogP contribution in [0.25, 0.3) is 22.3 Å². The van der Waals surface area contributed by atoms with E-state index < -0.39 is 46.8 Å². The summed E-state index contributed by atoms with van der Waals surface area (Å²) in [6.45, 7) is 0. The number of nitrogens with zero attached hydrogens (tertiary/aromatic N) is 5. The van der Waals surface area contributed by atoms with E-state index in [-0.39, 0.29) is 59.4 Å². The first-order valence-corrected chi connectivity index (χ1v) is 13.2. The van der Waals surface area contributed by atoms with Crippen molar-refractivity contribution in [1.29, 1.82) is 0 Å². The number of aromatic nitrogens is 3. The van der Waals surface area contributed by atoms with Gasteiger partial charge in [0.1, 0.15) is 23.3 Å². The molecule has 1 aliphatic heterocycles. The first-order chi connectivity index (χ1) is 22.9. The van der Waals surface area contributed by atoms with E-state index >= 15 is 0 Å². The third-order valence-corrected chi connectivity index (χ3v) is 6.26. The van der Waals surface area contributed by atoms with Crippen LogP contribution in [0.5, 0.6) is 0 Å². The number of carbonyl (C=O) groups is 3. The number of aliphatic carboxylic acids is 1. The van der Waals surface area contributed by atoms with Crippen LogP contribution in [0.1, 0.15) is 26.7 Å². The Hall–Kier alpha value is -5.97. The van der Waals surface area contributed by atoms with Crippen molar-refractivity contribution in [2.45, 2.75) is 5.66 Å². The molecule has 0 amide bonds. The van der Waals surface area contributed by atoms with Crippen LogP contribution in [0, 0.1) is 23.3 Å². The molecule has 2 aromatic carbocycles. The van der Waals surface area contributed by atoms with Gasteiger partial charge in [0.15, 0.2) is 0 Å².